The molecule has 1 aromatic carbocycles. The van der Waals surface area contributed by atoms with Gasteiger partial charge in [-0.05, 0) is 49.1 Å². The minimum Gasteiger partial charge on any atom is -0.463 e. The van der Waals surface area contributed by atoms with Crippen LogP contribution in [0.25, 0.3) is 17.1 Å². The number of rotatable bonds is 6. The highest BCUT2D eigenvalue weighted by Gasteiger charge is 2.27. The first-order valence-electron chi connectivity index (χ1n) is 11.4. The first-order chi connectivity index (χ1) is 17.0. The van der Waals surface area contributed by atoms with Crippen LogP contribution in [0.1, 0.15) is 33.7 Å². The van der Waals surface area contributed by atoms with Gasteiger partial charge in [0.25, 0.3) is 11.8 Å². The Balaban J connectivity index is 1.25. The Morgan fingerprint density at radius 2 is 2.00 bits per heavy atom. The fraction of sp³-hybridized carbons (Fsp3) is 0.280. The van der Waals surface area contributed by atoms with E-state index in [1.807, 2.05) is 23.1 Å². The van der Waals surface area contributed by atoms with E-state index in [9.17, 15) is 9.59 Å². The number of nitrogens with one attached hydrogen (secondary N) is 1. The van der Waals surface area contributed by atoms with E-state index in [2.05, 4.69) is 15.5 Å². The average Bonchev–Trinajstić information content (AvgIpc) is 3.63. The van der Waals surface area contributed by atoms with Gasteiger partial charge in [-0.25, -0.2) is 4.68 Å². The average molecular weight is 493 g/mol. The lowest BCUT2D eigenvalue weighted by molar-refractivity contribution is 0.0678. The second-order valence-electron chi connectivity index (χ2n) is 8.63. The standard InChI is InChI=1S/C25H25ClN6O3/c1-30-16-18(15-28-30)24(33)27-14-17-7-9-31(10-8-17)25(34)21-13-22(23-6-3-11-35-23)32(29-21)20-5-2-4-19(26)12-20/h2-6,11-13,15-17H,7-10,14H2,1H3,(H,27,33). The van der Waals surface area contributed by atoms with Gasteiger partial charge in [-0.3, -0.25) is 14.3 Å². The third-order valence-electron chi connectivity index (χ3n) is 6.17. The number of aryl methyl sites for hydroxylation is 1. The summed E-state index contributed by atoms with van der Waals surface area (Å²) in [6, 6.07) is 12.7. The van der Waals surface area contributed by atoms with Crippen LogP contribution in [-0.2, 0) is 7.05 Å². The number of piperidine rings is 1. The Morgan fingerprint density at radius 3 is 2.69 bits per heavy atom. The summed E-state index contributed by atoms with van der Waals surface area (Å²) in [6.07, 6.45) is 6.44. The number of likely N-dealkylation sites (tertiary alicyclic amines) is 1. The van der Waals surface area contributed by atoms with E-state index in [-0.39, 0.29) is 11.8 Å². The summed E-state index contributed by atoms with van der Waals surface area (Å²) in [4.78, 5) is 27.4. The Hall–Kier alpha value is -3.85. The number of nitrogens with zero attached hydrogens (tertiary/aromatic N) is 5. The van der Waals surface area contributed by atoms with Gasteiger partial charge in [-0.15, -0.1) is 0 Å². The zero-order valence-electron chi connectivity index (χ0n) is 19.2. The number of hydrogen-bond donors (Lipinski definition) is 1. The number of benzene rings is 1. The number of amides is 2. The van der Waals surface area contributed by atoms with Gasteiger partial charge in [0.05, 0.1) is 23.7 Å². The lowest BCUT2D eigenvalue weighted by atomic mass is 9.96. The van der Waals surface area contributed by atoms with Gasteiger partial charge in [-0.1, -0.05) is 17.7 Å². The quantitative estimate of drug-likeness (QED) is 0.441. The van der Waals surface area contributed by atoms with Gasteiger partial charge in [0.1, 0.15) is 5.69 Å². The molecule has 180 valence electrons. The maximum absolute atomic E-state index is 13.3. The summed E-state index contributed by atoms with van der Waals surface area (Å²) < 4.78 is 8.87. The minimum atomic E-state index is -0.131. The third-order valence-corrected chi connectivity index (χ3v) is 6.41. The highest BCUT2D eigenvalue weighted by molar-refractivity contribution is 6.30. The van der Waals surface area contributed by atoms with E-state index in [1.54, 1.807) is 59.3 Å². The Bertz CT molecular complexity index is 1330. The van der Waals surface area contributed by atoms with E-state index in [4.69, 9.17) is 16.0 Å². The van der Waals surface area contributed by atoms with Gasteiger partial charge in [0.2, 0.25) is 0 Å². The van der Waals surface area contributed by atoms with E-state index in [1.165, 1.54) is 0 Å². The molecule has 0 saturated carbocycles. The normalized spacial score (nSPS) is 14.3. The van der Waals surface area contributed by atoms with E-state index in [0.29, 0.717) is 53.3 Å². The van der Waals surface area contributed by atoms with Crippen LogP contribution in [-0.4, -0.2) is 55.9 Å². The molecule has 1 aliphatic heterocycles. The van der Waals surface area contributed by atoms with Crippen LogP contribution in [0.4, 0.5) is 0 Å². The third kappa shape index (κ3) is 5.00. The zero-order valence-corrected chi connectivity index (χ0v) is 20.0. The van der Waals surface area contributed by atoms with Crippen LogP contribution in [0.15, 0.2) is 65.5 Å². The fourth-order valence-electron chi connectivity index (χ4n) is 4.27. The van der Waals surface area contributed by atoms with Gasteiger partial charge in [0.15, 0.2) is 11.5 Å². The number of hydrogen-bond acceptors (Lipinski definition) is 5. The fourth-order valence-corrected chi connectivity index (χ4v) is 4.45. The van der Waals surface area contributed by atoms with E-state index >= 15 is 0 Å². The molecular formula is C25H25ClN6O3. The molecule has 1 aliphatic rings. The van der Waals surface area contributed by atoms with Crippen LogP contribution < -0.4 is 5.32 Å². The van der Waals surface area contributed by atoms with Gasteiger partial charge in [-0.2, -0.15) is 10.2 Å². The number of halogens is 1. The SMILES string of the molecule is Cn1cc(C(=O)NCC2CCN(C(=O)c3cc(-c4ccco4)n(-c4cccc(Cl)c4)n3)CC2)cn1. The number of carbonyl (C=O) groups is 2. The maximum Gasteiger partial charge on any atom is 0.274 e. The summed E-state index contributed by atoms with van der Waals surface area (Å²) in [5, 5.41) is 12.2. The van der Waals surface area contributed by atoms with Crippen molar-refractivity contribution >= 4 is 23.4 Å². The number of aromatic nitrogens is 4. The molecule has 4 aromatic rings. The first kappa shape index (κ1) is 22.9. The molecule has 5 rings (SSSR count). The number of carbonyl (C=O) groups excluding carboxylic acids is 2. The van der Waals surface area contributed by atoms with Crippen molar-refractivity contribution in [3.05, 3.63) is 77.4 Å². The largest absolute Gasteiger partial charge is 0.463 e. The lowest BCUT2D eigenvalue weighted by Crippen LogP contribution is -2.41. The molecule has 2 amide bonds. The van der Waals surface area contributed by atoms with Crippen molar-refractivity contribution in [2.75, 3.05) is 19.6 Å². The van der Waals surface area contributed by atoms with Gasteiger partial charge >= 0.3 is 0 Å². The first-order valence-corrected chi connectivity index (χ1v) is 11.8. The molecule has 1 N–H and O–H groups in total. The van der Waals surface area contributed by atoms with Gasteiger partial charge < -0.3 is 14.6 Å². The monoisotopic (exact) mass is 492 g/mol. The van der Waals surface area contributed by atoms with E-state index in [0.717, 1.165) is 18.5 Å². The maximum atomic E-state index is 13.3. The molecule has 35 heavy (non-hydrogen) atoms. The molecular weight excluding hydrogens is 468 g/mol. The summed E-state index contributed by atoms with van der Waals surface area (Å²) >= 11 is 6.19. The second-order valence-corrected chi connectivity index (χ2v) is 9.07. The summed E-state index contributed by atoms with van der Waals surface area (Å²) in [5.74, 6) is 0.659. The van der Waals surface area contributed by atoms with Crippen molar-refractivity contribution in [3.8, 4) is 17.1 Å². The molecule has 0 atom stereocenters. The molecule has 1 fully saturated rings. The predicted octanol–water partition coefficient (Wildman–Crippen LogP) is 3.80. The smallest absolute Gasteiger partial charge is 0.274 e. The van der Waals surface area contributed by atoms with Crippen LogP contribution in [0, 0.1) is 5.92 Å². The molecule has 4 heterocycles. The van der Waals surface area contributed by atoms with Crippen molar-refractivity contribution in [1.29, 1.82) is 0 Å². The Labute approximate surface area is 207 Å². The Kier molecular flexibility index (Phi) is 6.41. The lowest BCUT2D eigenvalue weighted by Gasteiger charge is -2.31. The van der Waals surface area contributed by atoms with E-state index < -0.39 is 0 Å². The van der Waals surface area contributed by atoms with Crippen LogP contribution in [0.5, 0.6) is 0 Å². The number of furan rings is 1. The molecule has 0 bridgehead atoms. The molecule has 3 aromatic heterocycles. The molecule has 1 saturated heterocycles. The molecule has 0 spiro atoms. The van der Waals surface area contributed by atoms with Crippen molar-refractivity contribution in [2.45, 2.75) is 12.8 Å². The van der Waals surface area contributed by atoms with Gasteiger partial charge in [0, 0.05) is 44.0 Å². The van der Waals surface area contributed by atoms with Crippen molar-refractivity contribution in [1.82, 2.24) is 29.8 Å². The van der Waals surface area contributed by atoms with Crippen LogP contribution in [0.2, 0.25) is 5.02 Å². The summed E-state index contributed by atoms with van der Waals surface area (Å²) in [6.45, 7) is 1.78. The van der Waals surface area contributed by atoms with Crippen molar-refractivity contribution < 1.29 is 14.0 Å². The predicted molar refractivity (Wildman–Crippen MR) is 130 cm³/mol. The zero-order chi connectivity index (χ0) is 24.4. The highest BCUT2D eigenvalue weighted by Crippen LogP contribution is 2.27. The minimum absolute atomic E-state index is 0.128. The molecule has 0 radical (unpaired) electrons. The van der Waals surface area contributed by atoms with Crippen LogP contribution >= 0.6 is 11.6 Å². The van der Waals surface area contributed by atoms with Crippen molar-refractivity contribution in [3.63, 3.8) is 0 Å². The molecule has 0 unspecified atom stereocenters. The van der Waals surface area contributed by atoms with Crippen LogP contribution in [0.3, 0.4) is 0 Å². The highest BCUT2D eigenvalue weighted by atomic mass is 35.5. The molecule has 0 aliphatic carbocycles. The second kappa shape index (κ2) is 9.79. The molecule has 10 heteroatoms. The Morgan fingerprint density at radius 1 is 1.17 bits per heavy atom. The topological polar surface area (TPSA) is 98.2 Å². The van der Waals surface area contributed by atoms with Crippen molar-refractivity contribution in [2.24, 2.45) is 13.0 Å². The molecule has 9 nitrogen and oxygen atoms in total. The summed E-state index contributed by atoms with van der Waals surface area (Å²) in [7, 11) is 1.78. The summed E-state index contributed by atoms with van der Waals surface area (Å²) in [5.41, 5.74) is 2.31.